The summed E-state index contributed by atoms with van der Waals surface area (Å²) < 4.78 is 27.8. The molecule has 3 aromatic rings. The van der Waals surface area contributed by atoms with Gasteiger partial charge in [0.15, 0.2) is 0 Å². The third kappa shape index (κ3) is 3.20. The van der Waals surface area contributed by atoms with Crippen molar-refractivity contribution in [3.63, 3.8) is 0 Å². The number of rotatable bonds is 5. The maximum absolute atomic E-state index is 12.6. The van der Waals surface area contributed by atoms with Gasteiger partial charge in [-0.1, -0.05) is 36.4 Å². The number of carbonyl (C=O) groups excluding carboxylic acids is 1. The predicted molar refractivity (Wildman–Crippen MR) is 105 cm³/mol. The van der Waals surface area contributed by atoms with Gasteiger partial charge in [0.05, 0.1) is 16.3 Å². The number of fused-ring (bicyclic) bond motifs is 2. The third-order valence-electron chi connectivity index (χ3n) is 4.48. The minimum atomic E-state index is -3.45. The van der Waals surface area contributed by atoms with E-state index in [-0.39, 0.29) is 18.2 Å². The van der Waals surface area contributed by atoms with Crippen LogP contribution in [0.3, 0.4) is 0 Å². The van der Waals surface area contributed by atoms with Crippen molar-refractivity contribution in [1.82, 2.24) is 5.32 Å². The van der Waals surface area contributed by atoms with E-state index in [4.69, 9.17) is 0 Å². The number of nitrogens with zero attached hydrogens (tertiary/aromatic N) is 1. The average molecular weight is 386 g/mol. The largest absolute Gasteiger partial charge is 0.350 e. The van der Waals surface area contributed by atoms with Gasteiger partial charge in [-0.25, -0.2) is 8.42 Å². The molecule has 2 aromatic carbocycles. The quantitative estimate of drug-likeness (QED) is 0.733. The Morgan fingerprint density at radius 1 is 1.12 bits per heavy atom. The summed E-state index contributed by atoms with van der Waals surface area (Å²) in [4.78, 5) is 12.9. The van der Waals surface area contributed by atoms with Crippen LogP contribution >= 0.6 is 11.3 Å². The zero-order valence-electron chi connectivity index (χ0n) is 14.0. The number of para-hydroxylation sites is 1. The lowest BCUT2D eigenvalue weighted by atomic mass is 10.2. The monoisotopic (exact) mass is 386 g/mol. The van der Waals surface area contributed by atoms with Gasteiger partial charge in [0.25, 0.3) is 5.91 Å². The Labute approximate surface area is 156 Å². The molecule has 4 rings (SSSR count). The van der Waals surface area contributed by atoms with Crippen molar-refractivity contribution in [2.75, 3.05) is 23.1 Å². The molecule has 1 amide bonds. The maximum Gasteiger partial charge on any atom is 0.261 e. The van der Waals surface area contributed by atoms with Gasteiger partial charge >= 0.3 is 0 Å². The maximum atomic E-state index is 12.6. The number of amides is 1. The average Bonchev–Trinajstić information content (AvgIpc) is 3.26. The lowest BCUT2D eigenvalue weighted by Crippen LogP contribution is -2.36. The van der Waals surface area contributed by atoms with E-state index in [0.29, 0.717) is 11.4 Å². The molecular formula is C19H18N2O3S2. The summed E-state index contributed by atoms with van der Waals surface area (Å²) >= 11 is 1.41. The zero-order valence-corrected chi connectivity index (χ0v) is 15.6. The highest BCUT2D eigenvalue weighted by Crippen LogP contribution is 2.30. The van der Waals surface area contributed by atoms with Crippen LogP contribution in [-0.4, -0.2) is 33.2 Å². The highest BCUT2D eigenvalue weighted by Gasteiger charge is 2.28. The van der Waals surface area contributed by atoms with Crippen LogP contribution in [-0.2, 0) is 16.4 Å². The van der Waals surface area contributed by atoms with Crippen molar-refractivity contribution >= 4 is 43.0 Å². The van der Waals surface area contributed by atoms with Crippen LogP contribution in [0.25, 0.3) is 10.1 Å². The Hall–Kier alpha value is -2.38. The van der Waals surface area contributed by atoms with Crippen LogP contribution in [0.2, 0.25) is 0 Å². The number of carbonyl (C=O) groups is 1. The first-order valence-corrected chi connectivity index (χ1v) is 10.8. The first kappa shape index (κ1) is 17.1. The summed E-state index contributed by atoms with van der Waals surface area (Å²) in [5, 5.41) is 3.75. The summed E-state index contributed by atoms with van der Waals surface area (Å²) in [6.45, 7) is 0.556. The topological polar surface area (TPSA) is 66.5 Å². The first-order chi connectivity index (χ1) is 12.5. The van der Waals surface area contributed by atoms with E-state index in [1.54, 1.807) is 0 Å². The van der Waals surface area contributed by atoms with E-state index >= 15 is 0 Å². The van der Waals surface area contributed by atoms with E-state index in [2.05, 4.69) is 5.32 Å². The number of nitrogens with one attached hydrogen (secondary N) is 1. The van der Waals surface area contributed by atoms with Crippen molar-refractivity contribution in [2.45, 2.75) is 6.42 Å². The van der Waals surface area contributed by atoms with Crippen LogP contribution in [0.15, 0.2) is 54.6 Å². The molecule has 26 heavy (non-hydrogen) atoms. The van der Waals surface area contributed by atoms with Crippen LogP contribution in [0.4, 0.5) is 5.69 Å². The lowest BCUT2D eigenvalue weighted by molar-refractivity contribution is 0.0960. The predicted octanol–water partition coefficient (Wildman–Crippen LogP) is 3.02. The third-order valence-corrected chi connectivity index (χ3v) is 7.36. The molecule has 5 nitrogen and oxygen atoms in total. The second-order valence-corrected chi connectivity index (χ2v) is 9.27. The number of hydrogen-bond donors (Lipinski definition) is 1. The van der Waals surface area contributed by atoms with E-state index < -0.39 is 10.0 Å². The zero-order chi connectivity index (χ0) is 18.1. The van der Waals surface area contributed by atoms with Crippen molar-refractivity contribution < 1.29 is 13.2 Å². The van der Waals surface area contributed by atoms with Crippen LogP contribution < -0.4 is 9.62 Å². The molecule has 0 aliphatic carbocycles. The van der Waals surface area contributed by atoms with Crippen molar-refractivity contribution in [3.8, 4) is 0 Å². The van der Waals surface area contributed by atoms with Crippen LogP contribution in [0.1, 0.15) is 15.2 Å². The molecule has 1 aromatic heterocycles. The van der Waals surface area contributed by atoms with Crippen LogP contribution in [0.5, 0.6) is 0 Å². The lowest BCUT2D eigenvalue weighted by Gasteiger charge is -2.19. The smallest absolute Gasteiger partial charge is 0.261 e. The van der Waals surface area contributed by atoms with E-state index in [1.165, 1.54) is 15.6 Å². The van der Waals surface area contributed by atoms with Gasteiger partial charge in [-0.2, -0.15) is 0 Å². The minimum Gasteiger partial charge on any atom is -0.350 e. The fourth-order valence-electron chi connectivity index (χ4n) is 3.18. The summed E-state index contributed by atoms with van der Waals surface area (Å²) in [5.41, 5.74) is 1.80. The van der Waals surface area contributed by atoms with Crippen molar-refractivity contribution in [1.29, 1.82) is 0 Å². The van der Waals surface area contributed by atoms with Gasteiger partial charge in [0.1, 0.15) is 0 Å². The second kappa shape index (κ2) is 6.74. The molecule has 0 fully saturated rings. The number of anilines is 1. The molecule has 0 radical (unpaired) electrons. The molecule has 0 atom stereocenters. The Bertz CT molecular complexity index is 1040. The molecule has 1 aliphatic heterocycles. The number of benzene rings is 2. The molecule has 0 bridgehead atoms. The summed E-state index contributed by atoms with van der Waals surface area (Å²) in [6.07, 6.45) is 0.726. The van der Waals surface area contributed by atoms with Gasteiger partial charge in [0.2, 0.25) is 10.0 Å². The van der Waals surface area contributed by atoms with Crippen LogP contribution in [0, 0.1) is 0 Å². The molecule has 1 N–H and O–H groups in total. The summed E-state index contributed by atoms with van der Waals surface area (Å²) in [6, 6.07) is 17.2. The molecular weight excluding hydrogens is 368 g/mol. The van der Waals surface area contributed by atoms with Gasteiger partial charge in [0, 0.05) is 17.8 Å². The highest BCUT2D eigenvalue weighted by atomic mass is 32.2. The van der Waals surface area contributed by atoms with Gasteiger partial charge in [-0.05, 0) is 35.6 Å². The molecule has 0 spiro atoms. The van der Waals surface area contributed by atoms with E-state index in [1.807, 2.05) is 54.6 Å². The Morgan fingerprint density at radius 3 is 2.73 bits per heavy atom. The Kier molecular flexibility index (Phi) is 4.42. The molecule has 7 heteroatoms. The van der Waals surface area contributed by atoms with E-state index in [9.17, 15) is 13.2 Å². The van der Waals surface area contributed by atoms with Gasteiger partial charge in [-0.15, -0.1) is 11.3 Å². The number of sulfonamides is 1. The normalized spacial score (nSPS) is 13.8. The minimum absolute atomic E-state index is 0.0913. The molecule has 0 saturated heterocycles. The Morgan fingerprint density at radius 2 is 1.88 bits per heavy atom. The highest BCUT2D eigenvalue weighted by molar-refractivity contribution is 7.92. The van der Waals surface area contributed by atoms with Gasteiger partial charge in [-0.3, -0.25) is 9.10 Å². The summed E-state index contributed by atoms with van der Waals surface area (Å²) in [7, 11) is -3.45. The number of hydrogen-bond acceptors (Lipinski definition) is 4. The molecule has 134 valence electrons. The Balaban J connectivity index is 1.40. The van der Waals surface area contributed by atoms with Crippen molar-refractivity contribution in [2.24, 2.45) is 0 Å². The standard InChI is InChI=1S/C19H18N2O3S2/c22-19(18-13-15-6-2-4-8-17(15)25-18)20-10-12-26(23,24)21-11-9-14-5-1-3-7-16(14)21/h1-8,13H,9-12H2,(H,20,22). The van der Waals surface area contributed by atoms with Crippen molar-refractivity contribution in [3.05, 3.63) is 65.0 Å². The molecule has 2 heterocycles. The fourth-order valence-corrected chi connectivity index (χ4v) is 5.59. The molecule has 0 saturated carbocycles. The molecule has 0 unspecified atom stereocenters. The SMILES string of the molecule is O=C(NCCS(=O)(=O)N1CCc2ccccc21)c1cc2ccccc2s1. The van der Waals surface area contributed by atoms with Gasteiger partial charge < -0.3 is 5.32 Å². The summed E-state index contributed by atoms with van der Waals surface area (Å²) in [5.74, 6) is -0.346. The fraction of sp³-hybridized carbons (Fsp3) is 0.211. The van der Waals surface area contributed by atoms with E-state index in [0.717, 1.165) is 27.8 Å². The first-order valence-electron chi connectivity index (χ1n) is 8.40. The number of thiophene rings is 1. The molecule has 1 aliphatic rings. The second-order valence-electron chi connectivity index (χ2n) is 6.17.